The van der Waals surface area contributed by atoms with Crippen LogP contribution in [0.15, 0.2) is 0 Å². The van der Waals surface area contributed by atoms with Crippen molar-refractivity contribution in [1.82, 2.24) is 10.2 Å². The predicted octanol–water partition coefficient (Wildman–Crippen LogP) is 0.854. The molecular weight excluding hydrogens is 188 g/mol. The summed E-state index contributed by atoms with van der Waals surface area (Å²) in [6, 6.07) is 0. The summed E-state index contributed by atoms with van der Waals surface area (Å²) in [5.41, 5.74) is 0. The van der Waals surface area contributed by atoms with Crippen LogP contribution in [0.2, 0.25) is 0 Å². The highest BCUT2D eigenvalue weighted by Crippen LogP contribution is 2.54. The molecule has 1 amide bonds. The van der Waals surface area contributed by atoms with Crippen molar-refractivity contribution in [2.75, 3.05) is 26.2 Å². The summed E-state index contributed by atoms with van der Waals surface area (Å²) in [7, 11) is 0. The molecular formula is C12H20N2O. The molecule has 1 heterocycles. The lowest BCUT2D eigenvalue weighted by Gasteiger charge is -2.24. The molecule has 2 saturated carbocycles. The van der Waals surface area contributed by atoms with Crippen molar-refractivity contribution < 1.29 is 4.79 Å². The molecule has 2 atom stereocenters. The Morgan fingerprint density at radius 2 is 1.87 bits per heavy atom. The molecule has 3 nitrogen and oxygen atoms in total. The van der Waals surface area contributed by atoms with Gasteiger partial charge in [-0.1, -0.05) is 0 Å². The van der Waals surface area contributed by atoms with Crippen molar-refractivity contribution in [1.29, 1.82) is 0 Å². The van der Waals surface area contributed by atoms with E-state index in [1.807, 2.05) is 0 Å². The van der Waals surface area contributed by atoms with Gasteiger partial charge in [0.05, 0.1) is 0 Å². The number of amides is 1. The van der Waals surface area contributed by atoms with Gasteiger partial charge in [-0.25, -0.2) is 0 Å². The van der Waals surface area contributed by atoms with Gasteiger partial charge in [-0.05, 0) is 44.1 Å². The molecule has 3 rings (SSSR count). The van der Waals surface area contributed by atoms with Crippen LogP contribution < -0.4 is 5.32 Å². The monoisotopic (exact) mass is 208 g/mol. The third-order valence-corrected chi connectivity index (χ3v) is 4.24. The molecule has 15 heavy (non-hydrogen) atoms. The van der Waals surface area contributed by atoms with Crippen LogP contribution in [0.4, 0.5) is 0 Å². The molecule has 2 unspecified atom stereocenters. The van der Waals surface area contributed by atoms with Crippen LogP contribution in [0, 0.1) is 17.8 Å². The maximum absolute atomic E-state index is 12.2. The fourth-order valence-electron chi connectivity index (χ4n) is 3.24. The van der Waals surface area contributed by atoms with Gasteiger partial charge in [-0.2, -0.15) is 0 Å². The van der Waals surface area contributed by atoms with Gasteiger partial charge in [-0.15, -0.1) is 0 Å². The highest BCUT2D eigenvalue weighted by Gasteiger charge is 2.48. The first-order valence-corrected chi connectivity index (χ1v) is 6.34. The number of nitrogens with one attached hydrogen (secondary N) is 1. The van der Waals surface area contributed by atoms with Gasteiger partial charge in [-0.3, -0.25) is 4.79 Å². The molecule has 1 aliphatic heterocycles. The van der Waals surface area contributed by atoms with E-state index in [0.717, 1.165) is 44.4 Å². The minimum Gasteiger partial charge on any atom is -0.341 e. The van der Waals surface area contributed by atoms with E-state index in [0.29, 0.717) is 11.8 Å². The lowest BCUT2D eigenvalue weighted by molar-refractivity contribution is -0.135. The van der Waals surface area contributed by atoms with E-state index < -0.39 is 0 Å². The van der Waals surface area contributed by atoms with Gasteiger partial charge in [0.25, 0.3) is 0 Å². The highest BCUT2D eigenvalue weighted by molar-refractivity contribution is 5.79. The van der Waals surface area contributed by atoms with Gasteiger partial charge in [0.15, 0.2) is 0 Å². The van der Waals surface area contributed by atoms with Crippen LogP contribution in [0.5, 0.6) is 0 Å². The first-order valence-electron chi connectivity index (χ1n) is 6.34. The number of carbonyl (C=O) groups excluding carboxylic acids is 1. The Balaban J connectivity index is 1.58. The standard InChI is InChI=1S/C12H20N2O/c15-12(11-7-9-6-10(9)8-11)14-4-1-2-13-3-5-14/h9-11,13H,1-8H2. The summed E-state index contributed by atoms with van der Waals surface area (Å²) in [6.45, 7) is 3.94. The number of hydrogen-bond acceptors (Lipinski definition) is 2. The van der Waals surface area contributed by atoms with E-state index in [4.69, 9.17) is 0 Å². The van der Waals surface area contributed by atoms with Crippen molar-refractivity contribution >= 4 is 5.91 Å². The van der Waals surface area contributed by atoms with Crippen LogP contribution in [0.1, 0.15) is 25.7 Å². The zero-order valence-electron chi connectivity index (χ0n) is 9.24. The second-order valence-electron chi connectivity index (χ2n) is 5.35. The van der Waals surface area contributed by atoms with Crippen LogP contribution in [0.3, 0.4) is 0 Å². The van der Waals surface area contributed by atoms with Crippen LogP contribution in [-0.2, 0) is 4.79 Å². The third kappa shape index (κ3) is 1.89. The van der Waals surface area contributed by atoms with Crippen LogP contribution in [-0.4, -0.2) is 37.0 Å². The summed E-state index contributed by atoms with van der Waals surface area (Å²) >= 11 is 0. The van der Waals surface area contributed by atoms with Crippen molar-refractivity contribution in [3.05, 3.63) is 0 Å². The van der Waals surface area contributed by atoms with Crippen molar-refractivity contribution in [3.8, 4) is 0 Å². The molecule has 3 aliphatic rings. The average Bonchev–Trinajstić information content (AvgIpc) is 2.95. The van der Waals surface area contributed by atoms with Crippen molar-refractivity contribution in [3.63, 3.8) is 0 Å². The second kappa shape index (κ2) is 3.78. The number of rotatable bonds is 1. The summed E-state index contributed by atoms with van der Waals surface area (Å²) in [5, 5.41) is 3.35. The van der Waals surface area contributed by atoms with Crippen LogP contribution >= 0.6 is 0 Å². The summed E-state index contributed by atoms with van der Waals surface area (Å²) in [4.78, 5) is 14.3. The third-order valence-electron chi connectivity index (χ3n) is 4.24. The largest absolute Gasteiger partial charge is 0.341 e. The Hall–Kier alpha value is -0.570. The quantitative estimate of drug-likeness (QED) is 0.693. The Kier molecular flexibility index (Phi) is 2.43. The maximum atomic E-state index is 12.2. The summed E-state index contributed by atoms with van der Waals surface area (Å²) in [5.74, 6) is 2.67. The zero-order chi connectivity index (χ0) is 10.3. The molecule has 0 spiro atoms. The molecule has 1 N–H and O–H groups in total. The number of nitrogens with zero attached hydrogens (tertiary/aromatic N) is 1. The number of hydrogen-bond donors (Lipinski definition) is 1. The maximum Gasteiger partial charge on any atom is 0.225 e. The van der Waals surface area contributed by atoms with E-state index in [1.165, 1.54) is 19.3 Å². The van der Waals surface area contributed by atoms with E-state index in [2.05, 4.69) is 10.2 Å². The molecule has 3 fully saturated rings. The first-order chi connectivity index (χ1) is 7.34. The molecule has 0 bridgehead atoms. The smallest absolute Gasteiger partial charge is 0.225 e. The Morgan fingerprint density at radius 1 is 1.07 bits per heavy atom. The number of fused-ring (bicyclic) bond motifs is 1. The van der Waals surface area contributed by atoms with E-state index in [-0.39, 0.29) is 0 Å². The highest BCUT2D eigenvalue weighted by atomic mass is 16.2. The number of carbonyl (C=O) groups is 1. The van der Waals surface area contributed by atoms with Gasteiger partial charge in [0, 0.05) is 25.6 Å². The molecule has 0 aromatic carbocycles. The average molecular weight is 208 g/mol. The first kappa shape index (κ1) is 9.64. The Labute approximate surface area is 91.2 Å². The molecule has 1 saturated heterocycles. The lowest BCUT2D eigenvalue weighted by atomic mass is 10.0. The molecule has 2 aliphatic carbocycles. The zero-order valence-corrected chi connectivity index (χ0v) is 9.24. The molecule has 0 radical (unpaired) electrons. The SMILES string of the molecule is O=C(C1CC2CC2C1)N1CCCNCC1. The minimum atomic E-state index is 0.381. The summed E-state index contributed by atoms with van der Waals surface area (Å²) in [6.07, 6.45) is 4.90. The fraction of sp³-hybridized carbons (Fsp3) is 0.917. The van der Waals surface area contributed by atoms with Crippen molar-refractivity contribution in [2.24, 2.45) is 17.8 Å². The normalized spacial score (nSPS) is 39.7. The second-order valence-corrected chi connectivity index (χ2v) is 5.35. The van der Waals surface area contributed by atoms with Gasteiger partial charge < -0.3 is 10.2 Å². The predicted molar refractivity (Wildman–Crippen MR) is 58.4 cm³/mol. The molecule has 0 aromatic rings. The molecule has 84 valence electrons. The Bertz CT molecular complexity index is 248. The van der Waals surface area contributed by atoms with Crippen LogP contribution in [0.25, 0.3) is 0 Å². The Morgan fingerprint density at radius 3 is 2.67 bits per heavy atom. The fourth-order valence-corrected chi connectivity index (χ4v) is 3.24. The van der Waals surface area contributed by atoms with Gasteiger partial charge >= 0.3 is 0 Å². The van der Waals surface area contributed by atoms with E-state index in [1.54, 1.807) is 0 Å². The molecule has 3 heteroatoms. The van der Waals surface area contributed by atoms with Gasteiger partial charge in [0.1, 0.15) is 0 Å². The minimum absolute atomic E-state index is 0.381. The van der Waals surface area contributed by atoms with E-state index >= 15 is 0 Å². The topological polar surface area (TPSA) is 32.3 Å². The lowest BCUT2D eigenvalue weighted by Crippen LogP contribution is -2.38. The van der Waals surface area contributed by atoms with Crippen molar-refractivity contribution in [2.45, 2.75) is 25.7 Å². The molecule has 0 aromatic heterocycles. The van der Waals surface area contributed by atoms with E-state index in [9.17, 15) is 4.79 Å². The van der Waals surface area contributed by atoms with Gasteiger partial charge in [0.2, 0.25) is 5.91 Å². The summed E-state index contributed by atoms with van der Waals surface area (Å²) < 4.78 is 0.